The summed E-state index contributed by atoms with van der Waals surface area (Å²) in [6.07, 6.45) is 10.8. The number of benzene rings is 9. The molecule has 0 spiro atoms. The predicted molar refractivity (Wildman–Crippen MR) is 298 cm³/mol. The van der Waals surface area contributed by atoms with E-state index in [-0.39, 0.29) is 0 Å². The van der Waals surface area contributed by atoms with Gasteiger partial charge in [-0.05, 0) is 132 Å². The van der Waals surface area contributed by atoms with E-state index >= 15 is 0 Å². The minimum atomic E-state index is 0.900. The van der Waals surface area contributed by atoms with Gasteiger partial charge < -0.3 is 18.1 Å². The number of furan rings is 1. The Bertz CT molecular complexity index is 4730. The fourth-order valence-electron chi connectivity index (χ4n) is 12.0. The summed E-state index contributed by atoms with van der Waals surface area (Å²) in [5.41, 5.74) is 18.4. The van der Waals surface area contributed by atoms with Gasteiger partial charge in [0.25, 0.3) is 0 Å². The van der Waals surface area contributed by atoms with Crippen LogP contribution in [0.2, 0.25) is 0 Å². The molecule has 1 aliphatic carbocycles. The van der Waals surface area contributed by atoms with Gasteiger partial charge in [0.15, 0.2) is 0 Å². The average molecular weight is 925 g/mol. The molecule has 6 heterocycles. The molecule has 0 atom stereocenters. The monoisotopic (exact) mass is 924 g/mol. The van der Waals surface area contributed by atoms with E-state index in [9.17, 15) is 0 Å². The second-order valence-electron chi connectivity index (χ2n) is 19.0. The first-order valence-electron chi connectivity index (χ1n) is 24.4. The highest BCUT2D eigenvalue weighted by atomic mass is 32.1. The van der Waals surface area contributed by atoms with Crippen LogP contribution in [0, 0.1) is 0 Å². The van der Waals surface area contributed by atoms with Gasteiger partial charge in [-0.1, -0.05) is 109 Å². The standard InChI is InChI=1S/C65H40N4OS/c1-7-19-56-45(13-1)46-14-2-8-20-57(46)67(56)42-27-30-64-54(36-42)55-34-41(33-51(65(55)71-64)40-26-29-63-53(32-40)50-18-6-12-24-62(50)70-63)39-25-28-61-52(31-39)49-17-5-11-23-60(49)69(61)44-35-43(37-66-38-44)68-58-21-9-3-15-47(58)48-16-4-10-22-59(48)68/h1,3-13,15-38H,2,14H2. The zero-order chi connectivity index (χ0) is 46.3. The zero-order valence-electron chi connectivity index (χ0n) is 38.3. The topological polar surface area (TPSA) is 40.8 Å². The normalized spacial score (nSPS) is 12.9. The van der Waals surface area contributed by atoms with Gasteiger partial charge in [-0.3, -0.25) is 4.98 Å². The van der Waals surface area contributed by atoms with Crippen LogP contribution in [0.25, 0.3) is 142 Å². The Balaban J connectivity index is 0.910. The van der Waals surface area contributed by atoms with Crippen molar-refractivity contribution < 1.29 is 4.42 Å². The largest absolute Gasteiger partial charge is 0.456 e. The van der Waals surface area contributed by atoms with Gasteiger partial charge in [-0.25, -0.2) is 0 Å². The summed E-state index contributed by atoms with van der Waals surface area (Å²) in [6, 6.07) is 71.3. The highest BCUT2D eigenvalue weighted by Gasteiger charge is 2.22. The van der Waals surface area contributed by atoms with Crippen molar-refractivity contribution in [2.45, 2.75) is 12.8 Å². The van der Waals surface area contributed by atoms with Crippen LogP contribution >= 0.6 is 11.3 Å². The van der Waals surface area contributed by atoms with Gasteiger partial charge in [0.1, 0.15) is 11.2 Å². The molecular formula is C65H40N4OS. The van der Waals surface area contributed by atoms with E-state index in [1.54, 1.807) is 0 Å². The summed E-state index contributed by atoms with van der Waals surface area (Å²) in [4.78, 5) is 4.92. The summed E-state index contributed by atoms with van der Waals surface area (Å²) in [7, 11) is 0. The quantitative estimate of drug-likeness (QED) is 0.173. The number of rotatable bonds is 5. The van der Waals surface area contributed by atoms with E-state index in [1.165, 1.54) is 91.8 Å². The van der Waals surface area contributed by atoms with Crippen molar-refractivity contribution >= 4 is 114 Å². The highest BCUT2D eigenvalue weighted by molar-refractivity contribution is 7.26. The van der Waals surface area contributed by atoms with Gasteiger partial charge in [-0.15, -0.1) is 11.3 Å². The first kappa shape index (κ1) is 38.9. The molecule has 0 bridgehead atoms. The highest BCUT2D eigenvalue weighted by Crippen LogP contribution is 2.46. The van der Waals surface area contributed by atoms with E-state index in [4.69, 9.17) is 9.40 Å². The molecule has 0 unspecified atom stereocenters. The van der Waals surface area contributed by atoms with Crippen molar-refractivity contribution in [3.63, 3.8) is 0 Å². The molecule has 9 aromatic carbocycles. The maximum Gasteiger partial charge on any atom is 0.135 e. The number of allylic oxidation sites excluding steroid dienone is 1. The summed E-state index contributed by atoms with van der Waals surface area (Å²) in [6.45, 7) is 0. The van der Waals surface area contributed by atoms with E-state index in [2.05, 4.69) is 214 Å². The summed E-state index contributed by atoms with van der Waals surface area (Å²) in [5.74, 6) is 0. The van der Waals surface area contributed by atoms with E-state index < -0.39 is 0 Å². The van der Waals surface area contributed by atoms with Crippen LogP contribution in [-0.4, -0.2) is 18.7 Å². The van der Waals surface area contributed by atoms with Crippen LogP contribution in [0.15, 0.2) is 217 Å². The number of pyridine rings is 1. The molecule has 0 saturated carbocycles. The number of hydrogen-bond acceptors (Lipinski definition) is 3. The lowest BCUT2D eigenvalue weighted by molar-refractivity contribution is 0.669. The van der Waals surface area contributed by atoms with Gasteiger partial charge in [0, 0.05) is 74.8 Å². The van der Waals surface area contributed by atoms with Crippen LogP contribution in [0.5, 0.6) is 0 Å². The third-order valence-electron chi connectivity index (χ3n) is 15.2. The Morgan fingerprint density at radius 2 is 1.00 bits per heavy atom. The van der Waals surface area contributed by atoms with Gasteiger partial charge >= 0.3 is 0 Å². The Hall–Kier alpha value is -8.97. The van der Waals surface area contributed by atoms with E-state index in [1.807, 2.05) is 29.8 Å². The number of aromatic nitrogens is 4. The van der Waals surface area contributed by atoms with Crippen LogP contribution in [-0.2, 0) is 6.42 Å². The van der Waals surface area contributed by atoms with Crippen molar-refractivity contribution in [1.82, 2.24) is 18.7 Å². The SMILES string of the molecule is C1=Cc2c(c3ccccc3n2-c2ccc3sc4c(-c5ccc6oc7ccccc7c6c5)cc(-c5ccc6c(c5)c5ccccc5n6-c5cncc(-n6c7ccccc7c7ccccc76)c5)cc4c3c2)CC1. The first-order chi connectivity index (χ1) is 35.2. The van der Waals surface area contributed by atoms with Gasteiger partial charge in [0.2, 0.25) is 0 Å². The predicted octanol–water partition coefficient (Wildman–Crippen LogP) is 17.8. The zero-order valence-corrected chi connectivity index (χ0v) is 39.1. The third kappa shape index (κ3) is 5.65. The fourth-order valence-corrected chi connectivity index (χ4v) is 13.2. The number of aryl methyl sites for hydroxylation is 1. The molecule has 0 amide bonds. The van der Waals surface area contributed by atoms with Crippen molar-refractivity contribution in [3.8, 4) is 39.3 Å². The second kappa shape index (κ2) is 14.8. The number of para-hydroxylation sites is 5. The Labute approximate surface area is 411 Å². The number of thiophene rings is 1. The smallest absolute Gasteiger partial charge is 0.135 e. The third-order valence-corrected chi connectivity index (χ3v) is 16.4. The maximum absolute atomic E-state index is 6.35. The molecule has 5 nitrogen and oxygen atoms in total. The van der Waals surface area contributed by atoms with Crippen molar-refractivity contribution in [3.05, 3.63) is 224 Å². The lowest BCUT2D eigenvalue weighted by Crippen LogP contribution is -2.00. The molecule has 0 N–H and O–H groups in total. The minimum Gasteiger partial charge on any atom is -0.456 e. The average Bonchev–Trinajstić information content (AvgIpc) is 4.24. The molecule has 71 heavy (non-hydrogen) atoms. The molecule has 0 aliphatic heterocycles. The lowest BCUT2D eigenvalue weighted by Gasteiger charge is -2.13. The molecule has 0 radical (unpaired) electrons. The Morgan fingerprint density at radius 1 is 0.408 bits per heavy atom. The molecule has 16 rings (SSSR count). The second-order valence-corrected chi connectivity index (χ2v) is 20.1. The van der Waals surface area contributed by atoms with Crippen LogP contribution in [0.4, 0.5) is 0 Å². The molecule has 0 saturated heterocycles. The van der Waals surface area contributed by atoms with Crippen LogP contribution in [0.3, 0.4) is 0 Å². The van der Waals surface area contributed by atoms with Crippen LogP contribution in [0.1, 0.15) is 17.7 Å². The number of hydrogen-bond donors (Lipinski definition) is 0. The fraction of sp³-hybridized carbons (Fsp3) is 0.0308. The molecular weight excluding hydrogens is 885 g/mol. The summed E-state index contributed by atoms with van der Waals surface area (Å²) < 4.78 is 16.1. The van der Waals surface area contributed by atoms with Crippen molar-refractivity contribution in [1.29, 1.82) is 0 Å². The summed E-state index contributed by atoms with van der Waals surface area (Å²) >= 11 is 1.89. The van der Waals surface area contributed by atoms with Crippen molar-refractivity contribution in [2.24, 2.45) is 0 Å². The Kier molecular flexibility index (Phi) is 8.10. The maximum atomic E-state index is 6.35. The molecule has 1 aliphatic rings. The van der Waals surface area contributed by atoms with Crippen LogP contribution < -0.4 is 0 Å². The van der Waals surface area contributed by atoms with E-state index in [0.717, 1.165) is 68.2 Å². The van der Waals surface area contributed by atoms with Gasteiger partial charge in [-0.2, -0.15) is 0 Å². The first-order valence-corrected chi connectivity index (χ1v) is 25.2. The van der Waals surface area contributed by atoms with Gasteiger partial charge in [0.05, 0.1) is 51.4 Å². The summed E-state index contributed by atoms with van der Waals surface area (Å²) in [5, 5.41) is 11.0. The molecule has 6 aromatic heterocycles. The van der Waals surface area contributed by atoms with Crippen molar-refractivity contribution in [2.75, 3.05) is 0 Å². The molecule has 0 fully saturated rings. The Morgan fingerprint density at radius 3 is 1.75 bits per heavy atom. The number of nitrogens with zero attached hydrogens (tertiary/aromatic N) is 4. The lowest BCUT2D eigenvalue weighted by atomic mass is 9.94. The van der Waals surface area contributed by atoms with E-state index in [0.29, 0.717) is 0 Å². The molecule has 6 heteroatoms. The minimum absolute atomic E-state index is 0.900. The molecule has 15 aromatic rings. The molecule has 332 valence electrons. The number of fused-ring (bicyclic) bond motifs is 15.